The van der Waals surface area contributed by atoms with Crippen LogP contribution in [-0.2, 0) is 4.79 Å². The molecule has 8 nitrogen and oxygen atoms in total. The number of anilines is 2. The minimum atomic E-state index is -0.0702. The molecule has 160 valence electrons. The lowest BCUT2D eigenvalue weighted by atomic mass is 9.95. The van der Waals surface area contributed by atoms with Crippen molar-refractivity contribution < 1.29 is 9.59 Å². The van der Waals surface area contributed by atoms with Gasteiger partial charge in [0.1, 0.15) is 0 Å². The fraction of sp³-hybridized carbons (Fsp3) is 0.348. The number of Topliss-reactive ketones (excluding diaryl/α,β-unsaturated/α-hetero) is 1. The van der Waals surface area contributed by atoms with E-state index in [4.69, 9.17) is 0 Å². The Morgan fingerprint density at radius 3 is 2.32 bits per heavy atom. The maximum absolute atomic E-state index is 12.7. The molecule has 0 saturated carbocycles. The Balaban J connectivity index is 1.35. The first-order valence-electron chi connectivity index (χ1n) is 10.4. The zero-order chi connectivity index (χ0) is 22.0. The smallest absolute Gasteiger partial charge is 0.227 e. The van der Waals surface area contributed by atoms with Crippen LogP contribution in [0.1, 0.15) is 41.5 Å². The number of aryl methyl sites for hydroxylation is 2. The van der Waals surface area contributed by atoms with E-state index in [0.717, 1.165) is 43.1 Å². The fourth-order valence-electron chi connectivity index (χ4n) is 3.89. The summed E-state index contributed by atoms with van der Waals surface area (Å²) in [5.41, 5.74) is 3.21. The molecule has 4 rings (SSSR count). The van der Waals surface area contributed by atoms with Crippen molar-refractivity contribution in [3.63, 3.8) is 0 Å². The zero-order valence-corrected chi connectivity index (χ0v) is 18.0. The zero-order valence-electron chi connectivity index (χ0n) is 18.0. The van der Waals surface area contributed by atoms with Gasteiger partial charge in [0.2, 0.25) is 5.91 Å². The van der Waals surface area contributed by atoms with Gasteiger partial charge in [-0.05, 0) is 63.9 Å². The van der Waals surface area contributed by atoms with Crippen molar-refractivity contribution in [1.82, 2.24) is 20.0 Å². The molecule has 1 N–H and O–H groups in total. The third-order valence-electron chi connectivity index (χ3n) is 5.59. The number of amides is 1. The van der Waals surface area contributed by atoms with Gasteiger partial charge in [-0.3, -0.25) is 9.59 Å². The summed E-state index contributed by atoms with van der Waals surface area (Å²) in [6, 6.07) is 12.9. The highest BCUT2D eigenvalue weighted by molar-refractivity contribution is 5.97. The summed E-state index contributed by atoms with van der Waals surface area (Å²) >= 11 is 0. The van der Waals surface area contributed by atoms with Gasteiger partial charge in [-0.2, -0.15) is 5.10 Å². The predicted octanol–water partition coefficient (Wildman–Crippen LogP) is 3.34. The summed E-state index contributed by atoms with van der Waals surface area (Å²) < 4.78 is 1.78. The Bertz CT molecular complexity index is 1100. The Kier molecular flexibility index (Phi) is 5.79. The number of hydrogen-bond acceptors (Lipinski definition) is 6. The summed E-state index contributed by atoms with van der Waals surface area (Å²) in [5.74, 6) is 1.40. The molecule has 0 radical (unpaired) electrons. The average molecular weight is 419 g/mol. The van der Waals surface area contributed by atoms with Gasteiger partial charge < -0.3 is 10.2 Å². The van der Waals surface area contributed by atoms with Gasteiger partial charge in [0.05, 0.1) is 5.69 Å². The van der Waals surface area contributed by atoms with Crippen LogP contribution in [0.25, 0.3) is 5.82 Å². The molecular weight excluding hydrogens is 392 g/mol. The van der Waals surface area contributed by atoms with Gasteiger partial charge in [-0.15, -0.1) is 10.2 Å². The monoisotopic (exact) mass is 418 g/mol. The number of carbonyl (C=O) groups is 2. The van der Waals surface area contributed by atoms with Crippen LogP contribution < -0.4 is 10.2 Å². The minimum absolute atomic E-state index is 0.00805. The number of ketones is 1. The number of carbonyl (C=O) groups excluding carboxylic acids is 2. The van der Waals surface area contributed by atoms with Crippen LogP contribution in [0.2, 0.25) is 0 Å². The summed E-state index contributed by atoms with van der Waals surface area (Å²) in [5, 5.41) is 16.1. The van der Waals surface area contributed by atoms with E-state index < -0.39 is 0 Å². The Morgan fingerprint density at radius 2 is 1.71 bits per heavy atom. The van der Waals surface area contributed by atoms with Crippen molar-refractivity contribution in [2.45, 2.75) is 33.6 Å². The van der Waals surface area contributed by atoms with Gasteiger partial charge in [-0.25, -0.2) is 4.68 Å². The van der Waals surface area contributed by atoms with Gasteiger partial charge in [0, 0.05) is 36.0 Å². The molecule has 8 heteroatoms. The first-order valence-corrected chi connectivity index (χ1v) is 10.4. The van der Waals surface area contributed by atoms with Crippen molar-refractivity contribution in [2.75, 3.05) is 23.3 Å². The Morgan fingerprint density at radius 1 is 1.00 bits per heavy atom. The van der Waals surface area contributed by atoms with Crippen molar-refractivity contribution in [3.8, 4) is 5.82 Å². The van der Waals surface area contributed by atoms with E-state index in [2.05, 4.69) is 25.5 Å². The quantitative estimate of drug-likeness (QED) is 0.639. The molecule has 3 heterocycles. The number of piperidine rings is 1. The highest BCUT2D eigenvalue weighted by atomic mass is 16.2. The SMILES string of the molecule is CC(=O)c1cccc(NC(=O)C2CCN(c3ccc(-n4nc(C)cc4C)nn3)CC2)c1. The normalized spacial score (nSPS) is 14.5. The molecule has 0 aliphatic carbocycles. The van der Waals surface area contributed by atoms with Crippen LogP contribution in [0, 0.1) is 19.8 Å². The van der Waals surface area contributed by atoms with Crippen LogP contribution in [0.15, 0.2) is 42.5 Å². The van der Waals surface area contributed by atoms with E-state index in [0.29, 0.717) is 17.1 Å². The first-order chi connectivity index (χ1) is 14.9. The lowest BCUT2D eigenvalue weighted by Gasteiger charge is -2.31. The van der Waals surface area contributed by atoms with Crippen molar-refractivity contribution in [3.05, 3.63) is 59.4 Å². The van der Waals surface area contributed by atoms with E-state index in [9.17, 15) is 9.59 Å². The Labute approximate surface area is 181 Å². The molecular formula is C23H26N6O2. The van der Waals surface area contributed by atoms with E-state index in [1.165, 1.54) is 6.92 Å². The van der Waals surface area contributed by atoms with Crippen LogP contribution in [-0.4, -0.2) is 44.8 Å². The number of rotatable bonds is 5. The standard InChI is InChI=1S/C23H26N6O2/c1-15-13-16(2)29(27-15)22-8-7-21(25-26-22)28-11-9-18(10-12-28)23(31)24-20-6-4-5-19(14-20)17(3)30/h4-8,13-14,18H,9-12H2,1-3H3,(H,24,31). The van der Waals surface area contributed by atoms with Gasteiger partial charge in [-0.1, -0.05) is 12.1 Å². The van der Waals surface area contributed by atoms with E-state index >= 15 is 0 Å². The number of nitrogens with zero attached hydrogens (tertiary/aromatic N) is 5. The number of benzene rings is 1. The predicted molar refractivity (Wildman–Crippen MR) is 119 cm³/mol. The van der Waals surface area contributed by atoms with Crippen LogP contribution in [0.4, 0.5) is 11.5 Å². The van der Waals surface area contributed by atoms with E-state index in [1.54, 1.807) is 28.9 Å². The third-order valence-corrected chi connectivity index (χ3v) is 5.59. The lowest BCUT2D eigenvalue weighted by Crippen LogP contribution is -2.38. The number of nitrogens with one attached hydrogen (secondary N) is 1. The molecule has 1 aliphatic rings. The third kappa shape index (κ3) is 4.63. The lowest BCUT2D eigenvalue weighted by molar-refractivity contribution is -0.120. The van der Waals surface area contributed by atoms with Crippen LogP contribution in [0.3, 0.4) is 0 Å². The van der Waals surface area contributed by atoms with Crippen molar-refractivity contribution >= 4 is 23.2 Å². The Hall–Kier alpha value is -3.55. The van der Waals surface area contributed by atoms with E-state index in [1.807, 2.05) is 32.0 Å². The van der Waals surface area contributed by atoms with Gasteiger partial charge >= 0.3 is 0 Å². The highest BCUT2D eigenvalue weighted by Gasteiger charge is 2.26. The van der Waals surface area contributed by atoms with Gasteiger partial charge in [0.15, 0.2) is 17.4 Å². The van der Waals surface area contributed by atoms with Crippen molar-refractivity contribution in [1.29, 1.82) is 0 Å². The molecule has 1 amide bonds. The number of hydrogen-bond donors (Lipinski definition) is 1. The minimum Gasteiger partial charge on any atom is -0.355 e. The largest absolute Gasteiger partial charge is 0.355 e. The molecule has 3 aromatic rings. The second kappa shape index (κ2) is 8.67. The van der Waals surface area contributed by atoms with Crippen LogP contribution >= 0.6 is 0 Å². The summed E-state index contributed by atoms with van der Waals surface area (Å²) in [4.78, 5) is 26.4. The first kappa shape index (κ1) is 20.7. The molecule has 0 spiro atoms. The maximum Gasteiger partial charge on any atom is 0.227 e. The van der Waals surface area contributed by atoms with E-state index in [-0.39, 0.29) is 17.6 Å². The molecule has 0 unspecified atom stereocenters. The molecule has 0 atom stereocenters. The second-order valence-corrected chi connectivity index (χ2v) is 7.98. The molecule has 1 aromatic carbocycles. The topological polar surface area (TPSA) is 93.0 Å². The highest BCUT2D eigenvalue weighted by Crippen LogP contribution is 2.24. The molecule has 2 aromatic heterocycles. The molecule has 31 heavy (non-hydrogen) atoms. The summed E-state index contributed by atoms with van der Waals surface area (Å²) in [7, 11) is 0. The molecule has 1 aliphatic heterocycles. The summed E-state index contributed by atoms with van der Waals surface area (Å²) in [6.07, 6.45) is 1.47. The second-order valence-electron chi connectivity index (χ2n) is 7.98. The molecule has 1 fully saturated rings. The van der Waals surface area contributed by atoms with Gasteiger partial charge in [0.25, 0.3) is 0 Å². The van der Waals surface area contributed by atoms with Crippen molar-refractivity contribution in [2.24, 2.45) is 5.92 Å². The maximum atomic E-state index is 12.7. The summed E-state index contributed by atoms with van der Waals surface area (Å²) in [6.45, 7) is 6.93. The average Bonchev–Trinajstić information content (AvgIpc) is 3.12. The molecule has 0 bridgehead atoms. The van der Waals surface area contributed by atoms with Crippen LogP contribution in [0.5, 0.6) is 0 Å². The number of aromatic nitrogens is 4. The molecule has 1 saturated heterocycles. The fourth-order valence-corrected chi connectivity index (χ4v) is 3.89.